The van der Waals surface area contributed by atoms with E-state index in [4.69, 9.17) is 4.98 Å². The molecule has 4 aromatic rings. The van der Waals surface area contributed by atoms with Crippen LogP contribution >= 0.6 is 11.3 Å². The van der Waals surface area contributed by atoms with Gasteiger partial charge in [0, 0.05) is 24.1 Å². The maximum absolute atomic E-state index is 15.9. The summed E-state index contributed by atoms with van der Waals surface area (Å²) in [7, 11) is -3.85. The summed E-state index contributed by atoms with van der Waals surface area (Å²) in [5.41, 5.74) is 1.86. The van der Waals surface area contributed by atoms with Gasteiger partial charge in [0.05, 0.1) is 21.3 Å². The quantitative estimate of drug-likeness (QED) is 0.400. The van der Waals surface area contributed by atoms with Crippen LogP contribution in [-0.4, -0.2) is 50.7 Å². The number of rotatable bonds is 5. The Labute approximate surface area is 207 Å². The normalized spacial score (nSPS) is 15.2. The lowest BCUT2D eigenvalue weighted by molar-refractivity contribution is 0.482. The number of H-pyrrole nitrogens is 1. The average Bonchev–Trinajstić information content (AvgIpc) is 3.53. The molecule has 0 radical (unpaired) electrons. The molecule has 1 aromatic carbocycles. The summed E-state index contributed by atoms with van der Waals surface area (Å²) in [5, 5.41) is 0.795. The van der Waals surface area contributed by atoms with E-state index in [2.05, 4.69) is 24.7 Å². The maximum Gasteiger partial charge on any atom is 0.301 e. The average molecular weight is 516 g/mol. The van der Waals surface area contributed by atoms with E-state index in [0.29, 0.717) is 46.3 Å². The zero-order valence-electron chi connectivity index (χ0n) is 19.9. The molecule has 1 aliphatic rings. The van der Waals surface area contributed by atoms with Crippen molar-refractivity contribution in [1.29, 1.82) is 0 Å². The lowest BCUT2D eigenvalue weighted by atomic mass is 9.98. The number of aromatic nitrogens is 5. The van der Waals surface area contributed by atoms with Gasteiger partial charge in [0.25, 0.3) is 0 Å². The van der Waals surface area contributed by atoms with Gasteiger partial charge >= 0.3 is 10.2 Å². The number of thiazole rings is 1. The number of anilines is 1. The highest BCUT2D eigenvalue weighted by atomic mass is 32.2. The van der Waals surface area contributed by atoms with Crippen molar-refractivity contribution in [2.24, 2.45) is 0 Å². The molecule has 1 aliphatic heterocycles. The third-order valence-electron chi connectivity index (χ3n) is 5.78. The molecule has 12 heteroatoms. The molecular formula is C23H26FN7O2S2. The number of nitrogens with one attached hydrogen (secondary N) is 2. The Morgan fingerprint density at radius 1 is 1.11 bits per heavy atom. The molecule has 3 aromatic heterocycles. The van der Waals surface area contributed by atoms with E-state index in [1.807, 2.05) is 27.7 Å². The number of imidazole rings is 1. The standard InChI is InChI=1S/C23H26FN7O2S2/c1-13-27-19-18(25-12-26-21(19)28-13)20-17(29-22(34-20)23(2,3)4)14-8-7-9-15(16(14)24)30-35(32,33)31-10-5-6-11-31/h7-9,12,30H,5-6,10-11H2,1-4H3,(H,25,26,27,28). The highest BCUT2D eigenvalue weighted by Gasteiger charge is 2.29. The first-order valence-electron chi connectivity index (χ1n) is 11.3. The van der Waals surface area contributed by atoms with E-state index in [1.165, 1.54) is 28.0 Å². The highest BCUT2D eigenvalue weighted by molar-refractivity contribution is 7.90. The first-order valence-corrected chi connectivity index (χ1v) is 13.6. The predicted molar refractivity (Wildman–Crippen MR) is 135 cm³/mol. The van der Waals surface area contributed by atoms with Gasteiger partial charge in [-0.15, -0.1) is 11.3 Å². The van der Waals surface area contributed by atoms with Gasteiger partial charge in [-0.3, -0.25) is 4.72 Å². The maximum atomic E-state index is 15.9. The van der Waals surface area contributed by atoms with Crippen molar-refractivity contribution in [3.63, 3.8) is 0 Å². The molecule has 2 N–H and O–H groups in total. The molecule has 0 unspecified atom stereocenters. The Kier molecular flexibility index (Phi) is 5.85. The molecular weight excluding hydrogens is 489 g/mol. The first kappa shape index (κ1) is 23.8. The van der Waals surface area contributed by atoms with Crippen LogP contribution in [-0.2, 0) is 15.6 Å². The summed E-state index contributed by atoms with van der Waals surface area (Å²) in [6, 6.07) is 4.64. The topological polar surface area (TPSA) is 117 Å². The molecule has 0 bridgehead atoms. The van der Waals surface area contributed by atoms with Crippen LogP contribution in [0.3, 0.4) is 0 Å². The predicted octanol–water partition coefficient (Wildman–Crippen LogP) is 4.64. The third-order valence-corrected chi connectivity index (χ3v) is 8.79. The highest BCUT2D eigenvalue weighted by Crippen LogP contribution is 2.43. The lowest BCUT2D eigenvalue weighted by Gasteiger charge is -2.18. The number of fused-ring (bicyclic) bond motifs is 1. The van der Waals surface area contributed by atoms with Crippen molar-refractivity contribution in [1.82, 2.24) is 29.2 Å². The number of hydrogen-bond donors (Lipinski definition) is 2. The summed E-state index contributed by atoms with van der Waals surface area (Å²) < 4.78 is 45.2. The Balaban J connectivity index is 1.66. The van der Waals surface area contributed by atoms with Crippen molar-refractivity contribution in [3.05, 3.63) is 41.2 Å². The molecule has 0 spiro atoms. The fourth-order valence-corrected chi connectivity index (χ4v) is 6.46. The van der Waals surface area contributed by atoms with Gasteiger partial charge in [0.1, 0.15) is 23.4 Å². The van der Waals surface area contributed by atoms with Crippen molar-refractivity contribution < 1.29 is 12.8 Å². The number of benzene rings is 1. The van der Waals surface area contributed by atoms with E-state index in [1.54, 1.807) is 12.1 Å². The molecule has 9 nitrogen and oxygen atoms in total. The molecule has 1 fully saturated rings. The number of hydrogen-bond acceptors (Lipinski definition) is 7. The molecule has 0 aliphatic carbocycles. The van der Waals surface area contributed by atoms with Gasteiger partial charge in [-0.25, -0.2) is 24.3 Å². The van der Waals surface area contributed by atoms with Crippen LogP contribution in [0.25, 0.3) is 33.0 Å². The fraction of sp³-hybridized carbons (Fsp3) is 0.391. The molecule has 184 valence electrons. The van der Waals surface area contributed by atoms with Gasteiger partial charge in [-0.1, -0.05) is 26.8 Å². The second-order valence-corrected chi connectivity index (χ2v) is 12.2. The SMILES string of the molecule is Cc1nc2c(-c3sc(C(C)(C)C)nc3-c3cccc(NS(=O)(=O)N4CCCC4)c3F)ncnc2[nH]1. The lowest BCUT2D eigenvalue weighted by Crippen LogP contribution is -2.33. The molecule has 35 heavy (non-hydrogen) atoms. The van der Waals surface area contributed by atoms with Crippen LogP contribution in [0.2, 0.25) is 0 Å². The minimum absolute atomic E-state index is 0.117. The van der Waals surface area contributed by atoms with E-state index >= 15 is 4.39 Å². The van der Waals surface area contributed by atoms with Crippen molar-refractivity contribution >= 4 is 38.4 Å². The number of aromatic amines is 1. The summed E-state index contributed by atoms with van der Waals surface area (Å²) in [6.45, 7) is 8.78. The molecule has 1 saturated heterocycles. The van der Waals surface area contributed by atoms with Crippen molar-refractivity contribution in [2.45, 2.75) is 46.0 Å². The second kappa shape index (κ2) is 8.61. The number of halogens is 1. The minimum Gasteiger partial charge on any atom is -0.327 e. The summed E-state index contributed by atoms with van der Waals surface area (Å²) in [4.78, 5) is 21.8. The van der Waals surface area contributed by atoms with E-state index < -0.39 is 16.0 Å². The van der Waals surface area contributed by atoms with Crippen LogP contribution in [0.4, 0.5) is 10.1 Å². The molecule has 0 saturated carbocycles. The fourth-order valence-electron chi connectivity index (χ4n) is 4.02. The Morgan fingerprint density at radius 3 is 2.57 bits per heavy atom. The third kappa shape index (κ3) is 4.41. The second-order valence-electron chi connectivity index (χ2n) is 9.57. The number of nitrogens with zero attached hydrogens (tertiary/aromatic N) is 5. The summed E-state index contributed by atoms with van der Waals surface area (Å²) in [6.07, 6.45) is 3.02. The van der Waals surface area contributed by atoms with Crippen molar-refractivity contribution in [3.8, 4) is 21.8 Å². The minimum atomic E-state index is -3.85. The van der Waals surface area contributed by atoms with E-state index in [0.717, 1.165) is 17.8 Å². The van der Waals surface area contributed by atoms with Crippen molar-refractivity contribution in [2.75, 3.05) is 17.8 Å². The van der Waals surface area contributed by atoms with Crippen LogP contribution in [0.5, 0.6) is 0 Å². The van der Waals surface area contributed by atoms with Gasteiger partial charge in [0.2, 0.25) is 0 Å². The molecule has 0 atom stereocenters. The zero-order chi connectivity index (χ0) is 25.0. The van der Waals surface area contributed by atoms with Crippen LogP contribution in [0.15, 0.2) is 24.5 Å². The van der Waals surface area contributed by atoms with Gasteiger partial charge < -0.3 is 4.98 Å². The Bertz CT molecular complexity index is 1520. The van der Waals surface area contributed by atoms with Gasteiger partial charge in [0.15, 0.2) is 11.5 Å². The number of aryl methyl sites for hydroxylation is 1. The summed E-state index contributed by atoms with van der Waals surface area (Å²) in [5.74, 6) is -0.000790. The van der Waals surface area contributed by atoms with E-state index in [9.17, 15) is 8.42 Å². The van der Waals surface area contributed by atoms with Crippen LogP contribution in [0, 0.1) is 12.7 Å². The smallest absolute Gasteiger partial charge is 0.301 e. The Morgan fingerprint density at radius 2 is 1.86 bits per heavy atom. The molecule has 0 amide bonds. The van der Waals surface area contributed by atoms with Gasteiger partial charge in [-0.05, 0) is 31.9 Å². The zero-order valence-corrected chi connectivity index (χ0v) is 21.5. The monoisotopic (exact) mass is 515 g/mol. The molecule has 4 heterocycles. The van der Waals surface area contributed by atoms with Gasteiger partial charge in [-0.2, -0.15) is 12.7 Å². The molecule has 5 rings (SSSR count). The van der Waals surface area contributed by atoms with Crippen LogP contribution in [0.1, 0.15) is 44.4 Å². The van der Waals surface area contributed by atoms with Crippen LogP contribution < -0.4 is 4.72 Å². The van der Waals surface area contributed by atoms with E-state index in [-0.39, 0.29) is 16.7 Å². The largest absolute Gasteiger partial charge is 0.327 e. The first-order chi connectivity index (χ1) is 16.5. The Hall–Kier alpha value is -2.96. The summed E-state index contributed by atoms with van der Waals surface area (Å²) >= 11 is 1.42.